The Labute approximate surface area is 80.7 Å². The summed E-state index contributed by atoms with van der Waals surface area (Å²) in [5, 5.41) is 0. The Balaban J connectivity index is 2.84. The largest absolute Gasteiger partial charge is 0.380 e. The van der Waals surface area contributed by atoms with Crippen LogP contribution in [0.2, 0.25) is 0 Å². The van der Waals surface area contributed by atoms with Crippen molar-refractivity contribution in [3.8, 4) is 0 Å². The summed E-state index contributed by atoms with van der Waals surface area (Å²) in [7, 11) is 0. The van der Waals surface area contributed by atoms with Gasteiger partial charge in [-0.05, 0) is 12.3 Å². The molecule has 0 N–H and O–H groups in total. The lowest BCUT2D eigenvalue weighted by atomic mass is 9.70. The number of carbonyl (C=O) groups is 1. The van der Waals surface area contributed by atoms with Gasteiger partial charge in [-0.1, -0.05) is 27.7 Å². The van der Waals surface area contributed by atoms with Crippen LogP contribution in [-0.2, 0) is 9.53 Å². The van der Waals surface area contributed by atoms with Gasteiger partial charge < -0.3 is 4.74 Å². The molecule has 1 aliphatic rings. The van der Waals surface area contributed by atoms with Gasteiger partial charge in [-0.2, -0.15) is 0 Å². The molecule has 0 aliphatic carbocycles. The highest BCUT2D eigenvalue weighted by molar-refractivity contribution is 5.87. The second-order valence-corrected chi connectivity index (χ2v) is 4.63. The molecule has 76 valence electrons. The Morgan fingerprint density at radius 3 is 2.23 bits per heavy atom. The first-order valence-corrected chi connectivity index (χ1v) is 5.13. The van der Waals surface area contributed by atoms with Crippen molar-refractivity contribution in [2.75, 3.05) is 13.2 Å². The topological polar surface area (TPSA) is 26.3 Å². The van der Waals surface area contributed by atoms with Crippen LogP contribution in [0.1, 0.15) is 34.1 Å². The number of carbonyl (C=O) groups excluding carboxylic acids is 1. The van der Waals surface area contributed by atoms with Gasteiger partial charge in [0.25, 0.3) is 0 Å². The van der Waals surface area contributed by atoms with E-state index < -0.39 is 0 Å². The summed E-state index contributed by atoms with van der Waals surface area (Å²) in [6.07, 6.45) is 0.904. The normalized spacial score (nSPS) is 28.8. The molecule has 0 spiro atoms. The van der Waals surface area contributed by atoms with E-state index in [0.717, 1.165) is 13.0 Å². The summed E-state index contributed by atoms with van der Waals surface area (Å²) < 4.78 is 5.37. The van der Waals surface area contributed by atoms with Gasteiger partial charge in [-0.25, -0.2) is 0 Å². The molecule has 2 heteroatoms. The second-order valence-electron chi connectivity index (χ2n) is 4.63. The SMILES string of the molecule is CC(C)C(=O)[C@@]1(C(C)C)CCOC1. The molecule has 0 aromatic heterocycles. The zero-order valence-electron chi connectivity index (χ0n) is 9.09. The highest BCUT2D eigenvalue weighted by Gasteiger charge is 2.45. The predicted molar refractivity (Wildman–Crippen MR) is 52.6 cm³/mol. The number of hydrogen-bond acceptors (Lipinski definition) is 2. The van der Waals surface area contributed by atoms with Crippen LogP contribution in [0.5, 0.6) is 0 Å². The van der Waals surface area contributed by atoms with Crippen molar-refractivity contribution in [2.45, 2.75) is 34.1 Å². The Bertz CT molecular complexity index is 188. The van der Waals surface area contributed by atoms with Crippen molar-refractivity contribution in [1.82, 2.24) is 0 Å². The van der Waals surface area contributed by atoms with Gasteiger partial charge in [0.2, 0.25) is 0 Å². The zero-order chi connectivity index (χ0) is 10.1. The number of ketones is 1. The Hall–Kier alpha value is -0.370. The highest BCUT2D eigenvalue weighted by Crippen LogP contribution is 2.39. The monoisotopic (exact) mass is 184 g/mol. The fourth-order valence-electron chi connectivity index (χ4n) is 2.09. The molecule has 1 aliphatic heterocycles. The molecule has 0 bridgehead atoms. The van der Waals surface area contributed by atoms with Gasteiger partial charge in [-0.15, -0.1) is 0 Å². The third kappa shape index (κ3) is 1.78. The van der Waals surface area contributed by atoms with E-state index in [0.29, 0.717) is 18.3 Å². The Kier molecular flexibility index (Phi) is 3.12. The Morgan fingerprint density at radius 2 is 1.92 bits per heavy atom. The van der Waals surface area contributed by atoms with Crippen LogP contribution in [0.4, 0.5) is 0 Å². The van der Waals surface area contributed by atoms with Crippen LogP contribution in [-0.4, -0.2) is 19.0 Å². The molecule has 1 heterocycles. The smallest absolute Gasteiger partial charge is 0.144 e. The number of Topliss-reactive ketones (excluding diaryl/α,β-unsaturated/α-hetero) is 1. The van der Waals surface area contributed by atoms with E-state index in [2.05, 4.69) is 13.8 Å². The van der Waals surface area contributed by atoms with E-state index in [9.17, 15) is 4.79 Å². The van der Waals surface area contributed by atoms with Crippen molar-refractivity contribution in [3.63, 3.8) is 0 Å². The van der Waals surface area contributed by atoms with Gasteiger partial charge in [0.15, 0.2) is 0 Å². The average Bonchev–Trinajstić information content (AvgIpc) is 2.51. The fraction of sp³-hybridized carbons (Fsp3) is 0.909. The van der Waals surface area contributed by atoms with Crippen LogP contribution in [0.3, 0.4) is 0 Å². The molecule has 0 saturated carbocycles. The first-order chi connectivity index (χ1) is 6.00. The van der Waals surface area contributed by atoms with E-state index in [1.54, 1.807) is 0 Å². The lowest BCUT2D eigenvalue weighted by molar-refractivity contribution is -0.134. The fourth-order valence-corrected chi connectivity index (χ4v) is 2.09. The summed E-state index contributed by atoms with van der Waals surface area (Å²) in [5.41, 5.74) is -0.186. The molecule has 2 nitrogen and oxygen atoms in total. The summed E-state index contributed by atoms with van der Waals surface area (Å²) in [6, 6.07) is 0. The zero-order valence-corrected chi connectivity index (χ0v) is 9.09. The summed E-state index contributed by atoms with van der Waals surface area (Å²) in [5.74, 6) is 0.897. The first kappa shape index (κ1) is 10.7. The minimum atomic E-state index is -0.186. The van der Waals surface area contributed by atoms with Crippen molar-refractivity contribution >= 4 is 5.78 Å². The molecule has 0 amide bonds. The lowest BCUT2D eigenvalue weighted by Gasteiger charge is -2.31. The van der Waals surface area contributed by atoms with Crippen LogP contribution in [0, 0.1) is 17.3 Å². The van der Waals surface area contributed by atoms with E-state index >= 15 is 0 Å². The second kappa shape index (κ2) is 3.79. The van der Waals surface area contributed by atoms with E-state index in [-0.39, 0.29) is 11.3 Å². The minimum Gasteiger partial charge on any atom is -0.380 e. The standard InChI is InChI=1S/C11H20O2/c1-8(2)10(12)11(9(3)4)5-6-13-7-11/h8-9H,5-7H2,1-4H3/t11-/m0/s1. The third-order valence-corrected chi connectivity index (χ3v) is 3.17. The first-order valence-electron chi connectivity index (χ1n) is 5.13. The minimum absolute atomic E-state index is 0.129. The van der Waals surface area contributed by atoms with E-state index in [4.69, 9.17) is 4.74 Å². The van der Waals surface area contributed by atoms with Crippen molar-refractivity contribution < 1.29 is 9.53 Å². The molecule has 13 heavy (non-hydrogen) atoms. The van der Waals surface area contributed by atoms with Gasteiger partial charge >= 0.3 is 0 Å². The van der Waals surface area contributed by atoms with Crippen molar-refractivity contribution in [2.24, 2.45) is 17.3 Å². The molecular weight excluding hydrogens is 164 g/mol. The molecule has 0 unspecified atom stereocenters. The molecule has 1 fully saturated rings. The summed E-state index contributed by atoms with van der Waals surface area (Å²) >= 11 is 0. The maximum atomic E-state index is 12.0. The van der Waals surface area contributed by atoms with Gasteiger partial charge in [0, 0.05) is 12.5 Å². The molecule has 0 aromatic carbocycles. The van der Waals surface area contributed by atoms with Crippen LogP contribution < -0.4 is 0 Å². The van der Waals surface area contributed by atoms with E-state index in [1.165, 1.54) is 0 Å². The Morgan fingerprint density at radius 1 is 1.31 bits per heavy atom. The number of hydrogen-bond donors (Lipinski definition) is 0. The molecule has 1 rings (SSSR count). The molecule has 0 aromatic rings. The van der Waals surface area contributed by atoms with Crippen molar-refractivity contribution in [3.05, 3.63) is 0 Å². The van der Waals surface area contributed by atoms with Gasteiger partial charge in [0.05, 0.1) is 12.0 Å². The van der Waals surface area contributed by atoms with Crippen molar-refractivity contribution in [1.29, 1.82) is 0 Å². The third-order valence-electron chi connectivity index (χ3n) is 3.17. The van der Waals surface area contributed by atoms with Crippen LogP contribution in [0.25, 0.3) is 0 Å². The van der Waals surface area contributed by atoms with E-state index in [1.807, 2.05) is 13.8 Å². The maximum Gasteiger partial charge on any atom is 0.144 e. The average molecular weight is 184 g/mol. The summed E-state index contributed by atoms with van der Waals surface area (Å²) in [4.78, 5) is 12.0. The van der Waals surface area contributed by atoms with Gasteiger partial charge in [0.1, 0.15) is 5.78 Å². The van der Waals surface area contributed by atoms with Gasteiger partial charge in [-0.3, -0.25) is 4.79 Å². The quantitative estimate of drug-likeness (QED) is 0.672. The maximum absolute atomic E-state index is 12.0. The molecule has 1 atom stereocenters. The molecule has 1 saturated heterocycles. The predicted octanol–water partition coefficient (Wildman–Crippen LogP) is 2.27. The lowest BCUT2D eigenvalue weighted by Crippen LogP contribution is -2.39. The van der Waals surface area contributed by atoms with Crippen LogP contribution in [0.15, 0.2) is 0 Å². The number of ether oxygens (including phenoxy) is 1. The number of rotatable bonds is 3. The summed E-state index contributed by atoms with van der Waals surface area (Å²) in [6.45, 7) is 9.57. The molecule has 0 radical (unpaired) electrons. The molecular formula is C11H20O2. The van der Waals surface area contributed by atoms with Crippen LogP contribution >= 0.6 is 0 Å². The highest BCUT2D eigenvalue weighted by atomic mass is 16.5.